The minimum absolute atomic E-state index is 0.0214. The second-order valence-corrected chi connectivity index (χ2v) is 5.04. The third-order valence-electron chi connectivity index (χ3n) is 2.32. The first-order valence-electron chi connectivity index (χ1n) is 5.25. The van der Waals surface area contributed by atoms with Gasteiger partial charge in [0.15, 0.2) is 0 Å². The van der Waals surface area contributed by atoms with Crippen molar-refractivity contribution in [2.24, 2.45) is 0 Å². The second kappa shape index (κ2) is 6.86. The molecule has 1 aromatic rings. The van der Waals surface area contributed by atoms with Crippen molar-refractivity contribution in [2.45, 2.75) is 22.7 Å². The van der Waals surface area contributed by atoms with E-state index < -0.39 is 11.5 Å². The SMILES string of the molecule is COC(=O)Cc1cc(C#N)c(CCl)c(SC(F)(F)F)c1. The van der Waals surface area contributed by atoms with Gasteiger partial charge in [-0.05, 0) is 35.0 Å². The molecule has 20 heavy (non-hydrogen) atoms. The summed E-state index contributed by atoms with van der Waals surface area (Å²) in [7, 11) is 1.17. The molecule has 0 amide bonds. The van der Waals surface area contributed by atoms with E-state index in [1.807, 2.05) is 0 Å². The summed E-state index contributed by atoms with van der Waals surface area (Å²) in [6.45, 7) is 0. The summed E-state index contributed by atoms with van der Waals surface area (Å²) in [4.78, 5) is 11.0. The maximum atomic E-state index is 12.5. The Morgan fingerprint density at radius 3 is 2.60 bits per heavy atom. The first kappa shape index (κ1) is 16.7. The Hall–Kier alpha value is -1.39. The molecule has 0 fully saturated rings. The molecule has 0 unspecified atom stereocenters. The number of rotatable bonds is 4. The normalized spacial score (nSPS) is 11.0. The van der Waals surface area contributed by atoms with Crippen molar-refractivity contribution in [3.8, 4) is 6.07 Å². The Morgan fingerprint density at radius 2 is 2.15 bits per heavy atom. The number of methoxy groups -OCH3 is 1. The number of nitrogens with zero attached hydrogens (tertiary/aromatic N) is 1. The zero-order chi connectivity index (χ0) is 15.3. The number of ether oxygens (including phenoxy) is 1. The molecule has 0 aliphatic heterocycles. The minimum Gasteiger partial charge on any atom is -0.469 e. The Balaban J connectivity index is 3.28. The molecule has 0 bridgehead atoms. The van der Waals surface area contributed by atoms with Crippen LogP contribution in [-0.2, 0) is 21.8 Å². The van der Waals surface area contributed by atoms with Gasteiger partial charge in [0.05, 0.1) is 25.2 Å². The van der Waals surface area contributed by atoms with Crippen LogP contribution in [0.2, 0.25) is 0 Å². The van der Waals surface area contributed by atoms with Crippen LogP contribution in [0.1, 0.15) is 16.7 Å². The summed E-state index contributed by atoms with van der Waals surface area (Å²) >= 11 is 5.25. The van der Waals surface area contributed by atoms with Gasteiger partial charge in [-0.1, -0.05) is 0 Å². The Labute approximate surface area is 122 Å². The van der Waals surface area contributed by atoms with E-state index in [1.54, 1.807) is 6.07 Å². The fourth-order valence-corrected chi connectivity index (χ4v) is 2.63. The number of carbonyl (C=O) groups is 1. The van der Waals surface area contributed by atoms with E-state index in [-0.39, 0.29) is 45.6 Å². The molecule has 0 spiro atoms. The summed E-state index contributed by atoms with van der Waals surface area (Å²) in [5.74, 6) is -0.824. The first-order chi connectivity index (χ1) is 9.30. The predicted octanol–water partition coefficient (Wildman–Crippen LogP) is 3.62. The monoisotopic (exact) mass is 323 g/mol. The molecule has 0 saturated carbocycles. The lowest BCUT2D eigenvalue weighted by Gasteiger charge is -2.13. The van der Waals surface area contributed by atoms with E-state index >= 15 is 0 Å². The lowest BCUT2D eigenvalue weighted by Crippen LogP contribution is -2.07. The van der Waals surface area contributed by atoms with Crippen LogP contribution < -0.4 is 0 Å². The van der Waals surface area contributed by atoms with Crippen molar-refractivity contribution in [1.29, 1.82) is 5.26 Å². The fraction of sp³-hybridized carbons (Fsp3) is 0.333. The van der Waals surface area contributed by atoms with Crippen molar-refractivity contribution in [3.63, 3.8) is 0 Å². The van der Waals surface area contributed by atoms with Crippen LogP contribution in [0.3, 0.4) is 0 Å². The number of hydrogen-bond donors (Lipinski definition) is 0. The number of carbonyl (C=O) groups excluding carboxylic acids is 1. The molecule has 1 aromatic carbocycles. The molecule has 1 rings (SSSR count). The molecular formula is C12H9ClF3NO2S. The minimum atomic E-state index is -4.50. The van der Waals surface area contributed by atoms with Crippen LogP contribution in [0, 0.1) is 11.3 Å². The quantitative estimate of drug-likeness (QED) is 0.482. The van der Waals surface area contributed by atoms with E-state index in [9.17, 15) is 18.0 Å². The molecule has 0 saturated heterocycles. The molecule has 8 heteroatoms. The van der Waals surface area contributed by atoms with Gasteiger partial charge in [0.2, 0.25) is 0 Å². The largest absolute Gasteiger partial charge is 0.469 e. The van der Waals surface area contributed by atoms with Crippen molar-refractivity contribution in [2.75, 3.05) is 7.11 Å². The number of esters is 1. The van der Waals surface area contributed by atoms with Gasteiger partial charge >= 0.3 is 11.5 Å². The van der Waals surface area contributed by atoms with E-state index in [0.29, 0.717) is 0 Å². The molecular weight excluding hydrogens is 315 g/mol. The first-order valence-corrected chi connectivity index (χ1v) is 6.60. The average molecular weight is 324 g/mol. The standard InChI is InChI=1S/C12H9ClF3NO2S/c1-19-11(18)4-7-2-8(6-17)9(5-13)10(3-7)20-12(14,15)16/h2-3H,4-5H2,1H3. The zero-order valence-electron chi connectivity index (χ0n) is 10.3. The zero-order valence-corrected chi connectivity index (χ0v) is 11.8. The highest BCUT2D eigenvalue weighted by molar-refractivity contribution is 8.00. The van der Waals surface area contributed by atoms with Crippen molar-refractivity contribution < 1.29 is 22.7 Å². The van der Waals surface area contributed by atoms with Crippen LogP contribution in [0.15, 0.2) is 17.0 Å². The Kier molecular flexibility index (Phi) is 5.72. The Morgan fingerprint density at radius 1 is 1.50 bits per heavy atom. The van der Waals surface area contributed by atoms with E-state index in [1.165, 1.54) is 19.2 Å². The summed E-state index contributed by atoms with van der Waals surface area (Å²) in [6.07, 6.45) is -0.209. The molecule has 0 heterocycles. The molecule has 3 nitrogen and oxygen atoms in total. The third kappa shape index (κ3) is 4.62. The van der Waals surface area contributed by atoms with E-state index in [4.69, 9.17) is 16.9 Å². The molecule has 0 aromatic heterocycles. The van der Waals surface area contributed by atoms with Gasteiger partial charge in [0, 0.05) is 10.8 Å². The number of alkyl halides is 4. The third-order valence-corrected chi connectivity index (χ3v) is 3.41. The maximum Gasteiger partial charge on any atom is 0.446 e. The van der Waals surface area contributed by atoms with Crippen molar-refractivity contribution in [1.82, 2.24) is 0 Å². The highest BCUT2D eigenvalue weighted by Crippen LogP contribution is 2.40. The smallest absolute Gasteiger partial charge is 0.446 e. The molecule has 0 aliphatic carbocycles. The summed E-state index contributed by atoms with van der Waals surface area (Å²) in [6, 6.07) is 4.33. The number of nitriles is 1. The average Bonchev–Trinajstić information content (AvgIpc) is 2.36. The lowest BCUT2D eigenvalue weighted by atomic mass is 10.0. The summed E-state index contributed by atoms with van der Waals surface area (Å²) in [5, 5.41) is 8.97. The number of hydrogen-bond acceptors (Lipinski definition) is 4. The van der Waals surface area contributed by atoms with Gasteiger partial charge in [-0.25, -0.2) is 0 Å². The van der Waals surface area contributed by atoms with Crippen molar-refractivity contribution in [3.05, 3.63) is 28.8 Å². The van der Waals surface area contributed by atoms with Gasteiger partial charge in [0.25, 0.3) is 0 Å². The van der Waals surface area contributed by atoms with Crippen LogP contribution >= 0.6 is 23.4 Å². The lowest BCUT2D eigenvalue weighted by molar-refractivity contribution is -0.139. The number of benzene rings is 1. The van der Waals surface area contributed by atoms with Gasteiger partial charge in [-0.2, -0.15) is 18.4 Å². The molecule has 0 N–H and O–H groups in total. The number of halogens is 4. The molecule has 0 radical (unpaired) electrons. The molecule has 108 valence electrons. The highest BCUT2D eigenvalue weighted by atomic mass is 35.5. The van der Waals surface area contributed by atoms with Crippen LogP contribution in [0.4, 0.5) is 13.2 Å². The maximum absolute atomic E-state index is 12.5. The van der Waals surface area contributed by atoms with Gasteiger partial charge in [-0.15, -0.1) is 11.6 Å². The summed E-state index contributed by atoms with van der Waals surface area (Å²) < 4.78 is 41.9. The van der Waals surface area contributed by atoms with Gasteiger partial charge in [0.1, 0.15) is 0 Å². The second-order valence-electron chi connectivity index (χ2n) is 3.67. The number of thioether (sulfide) groups is 1. The van der Waals surface area contributed by atoms with E-state index in [0.717, 1.165) is 0 Å². The molecule has 0 aliphatic rings. The topological polar surface area (TPSA) is 50.1 Å². The van der Waals surface area contributed by atoms with E-state index in [2.05, 4.69) is 4.74 Å². The molecule has 0 atom stereocenters. The van der Waals surface area contributed by atoms with Crippen LogP contribution in [0.5, 0.6) is 0 Å². The van der Waals surface area contributed by atoms with Crippen LogP contribution in [-0.4, -0.2) is 18.6 Å². The fourth-order valence-electron chi connectivity index (χ4n) is 1.50. The van der Waals surface area contributed by atoms with Crippen molar-refractivity contribution >= 4 is 29.3 Å². The predicted molar refractivity (Wildman–Crippen MR) is 68.3 cm³/mol. The van der Waals surface area contributed by atoms with Crippen LogP contribution in [0.25, 0.3) is 0 Å². The van der Waals surface area contributed by atoms with Gasteiger partial charge < -0.3 is 4.74 Å². The summed E-state index contributed by atoms with van der Waals surface area (Å²) in [5.41, 5.74) is -4.11. The van der Waals surface area contributed by atoms with Gasteiger partial charge in [-0.3, -0.25) is 4.79 Å². The highest BCUT2D eigenvalue weighted by Gasteiger charge is 2.31. The Bertz CT molecular complexity index is 555.